The molecule has 0 fully saturated rings. The Labute approximate surface area is 177 Å². The molecule has 0 saturated carbocycles. The molecular formula is C21H21N7OS. The van der Waals surface area contributed by atoms with Gasteiger partial charge < -0.3 is 15.6 Å². The molecule has 0 aliphatic heterocycles. The Kier molecular flexibility index (Phi) is 5.25. The molecule has 0 aliphatic rings. The van der Waals surface area contributed by atoms with Crippen molar-refractivity contribution in [3.63, 3.8) is 0 Å². The number of nitrogens with zero attached hydrogens (tertiary/aromatic N) is 4. The van der Waals surface area contributed by atoms with Gasteiger partial charge in [-0.1, -0.05) is 0 Å². The molecule has 30 heavy (non-hydrogen) atoms. The molecule has 0 atom stereocenters. The normalized spacial score (nSPS) is 11.0. The fourth-order valence-electron chi connectivity index (χ4n) is 3.55. The minimum absolute atomic E-state index is 0.136. The molecule has 4 aromatic heterocycles. The van der Waals surface area contributed by atoms with Crippen molar-refractivity contribution in [2.75, 3.05) is 12.3 Å². The van der Waals surface area contributed by atoms with E-state index in [9.17, 15) is 4.79 Å². The molecule has 0 aliphatic carbocycles. The van der Waals surface area contributed by atoms with Crippen LogP contribution in [0.1, 0.15) is 38.6 Å². The Hall–Kier alpha value is -3.64. The lowest BCUT2D eigenvalue weighted by molar-refractivity contribution is 0.0957. The Morgan fingerprint density at radius 2 is 2.13 bits per heavy atom. The highest BCUT2D eigenvalue weighted by Gasteiger charge is 2.22. The number of pyridine rings is 1. The summed E-state index contributed by atoms with van der Waals surface area (Å²) in [5.41, 5.74) is 9.61. The second kappa shape index (κ2) is 8.00. The summed E-state index contributed by atoms with van der Waals surface area (Å²) < 4.78 is 1.96. The number of nitrogens with one attached hydrogen (secondary N) is 2. The molecule has 8 nitrogen and oxygen atoms in total. The molecule has 4 N–H and O–H groups in total. The van der Waals surface area contributed by atoms with E-state index in [1.807, 2.05) is 49.0 Å². The lowest BCUT2D eigenvalue weighted by Gasteiger charge is -2.08. The minimum Gasteiger partial charge on any atom is -0.381 e. The van der Waals surface area contributed by atoms with Gasteiger partial charge in [0.25, 0.3) is 5.91 Å². The standard InChI is InChI=1S/C21H21N7OS/c1-12-10-13(2)25-21-16(12)17(28-8-3-4-9-28)18(30-21)20(29)24-7-5-6-15-14(11-22)19(23)27-26-15/h3-4,8-10H,5-7H2,1-2H3,(H,24,29)(H3,23,26,27). The number of anilines is 1. The highest BCUT2D eigenvalue weighted by atomic mass is 32.1. The van der Waals surface area contributed by atoms with Crippen molar-refractivity contribution in [2.24, 2.45) is 0 Å². The average molecular weight is 420 g/mol. The molecule has 1 amide bonds. The first-order chi connectivity index (χ1) is 14.5. The van der Waals surface area contributed by atoms with Crippen molar-refractivity contribution in [1.29, 1.82) is 5.26 Å². The molecule has 9 heteroatoms. The number of hydrogen-bond donors (Lipinski definition) is 3. The van der Waals surface area contributed by atoms with Gasteiger partial charge in [0.05, 0.1) is 11.4 Å². The fourth-order valence-corrected chi connectivity index (χ4v) is 4.77. The second-order valence-electron chi connectivity index (χ2n) is 7.06. The monoisotopic (exact) mass is 419 g/mol. The van der Waals surface area contributed by atoms with Gasteiger partial charge in [-0.3, -0.25) is 9.89 Å². The van der Waals surface area contributed by atoms with E-state index >= 15 is 0 Å². The van der Waals surface area contributed by atoms with Crippen molar-refractivity contribution in [1.82, 2.24) is 25.1 Å². The number of nitrogen functional groups attached to an aromatic ring is 1. The van der Waals surface area contributed by atoms with Crippen LogP contribution in [0.15, 0.2) is 30.6 Å². The van der Waals surface area contributed by atoms with Gasteiger partial charge in [0.2, 0.25) is 0 Å². The SMILES string of the molecule is Cc1cc(C)c2c(-n3cccc3)c(C(=O)NCCCc3[nH]nc(N)c3C#N)sc2n1. The largest absolute Gasteiger partial charge is 0.381 e. The number of H-pyrrole nitrogens is 1. The van der Waals surface area contributed by atoms with Gasteiger partial charge in [-0.25, -0.2) is 4.98 Å². The predicted octanol–water partition coefficient (Wildman–Crippen LogP) is 3.24. The van der Waals surface area contributed by atoms with Gasteiger partial charge in [-0.05, 0) is 50.5 Å². The van der Waals surface area contributed by atoms with Crippen LogP contribution in [0.5, 0.6) is 0 Å². The van der Waals surface area contributed by atoms with Crippen LogP contribution in [0.4, 0.5) is 5.82 Å². The maximum absolute atomic E-state index is 13.0. The van der Waals surface area contributed by atoms with Gasteiger partial charge in [0, 0.05) is 30.0 Å². The van der Waals surface area contributed by atoms with Crippen molar-refractivity contribution < 1.29 is 4.79 Å². The quantitative estimate of drug-likeness (QED) is 0.414. The molecule has 0 bridgehead atoms. The zero-order valence-electron chi connectivity index (χ0n) is 16.7. The molecule has 0 spiro atoms. The predicted molar refractivity (Wildman–Crippen MR) is 117 cm³/mol. The Morgan fingerprint density at radius 1 is 1.37 bits per heavy atom. The topological polar surface area (TPSA) is 125 Å². The Morgan fingerprint density at radius 3 is 2.87 bits per heavy atom. The molecule has 0 aromatic carbocycles. The molecule has 152 valence electrons. The van der Waals surface area contributed by atoms with E-state index in [0.29, 0.717) is 35.5 Å². The lowest BCUT2D eigenvalue weighted by atomic mass is 10.1. The third-order valence-corrected chi connectivity index (χ3v) is 5.97. The van der Waals surface area contributed by atoms with Crippen LogP contribution in [0.25, 0.3) is 15.9 Å². The first-order valence-electron chi connectivity index (χ1n) is 9.54. The van der Waals surface area contributed by atoms with Gasteiger partial charge in [0.1, 0.15) is 21.3 Å². The van der Waals surface area contributed by atoms with Crippen molar-refractivity contribution in [3.05, 3.63) is 58.0 Å². The third kappa shape index (κ3) is 3.53. The fraction of sp³-hybridized carbons (Fsp3) is 0.238. The first kappa shape index (κ1) is 19.7. The summed E-state index contributed by atoms with van der Waals surface area (Å²) in [5.74, 6) is 0.0692. The number of carbonyl (C=O) groups is 1. The Bertz CT molecular complexity index is 1260. The number of amides is 1. The van der Waals surface area contributed by atoms with Crippen LogP contribution in [0.2, 0.25) is 0 Å². The molecule has 0 saturated heterocycles. The average Bonchev–Trinajstić information content (AvgIpc) is 3.43. The molecule has 4 rings (SSSR count). The summed E-state index contributed by atoms with van der Waals surface area (Å²) in [4.78, 5) is 19.2. The number of thiophene rings is 1. The van der Waals surface area contributed by atoms with Crippen molar-refractivity contribution in [2.45, 2.75) is 26.7 Å². The van der Waals surface area contributed by atoms with Crippen molar-refractivity contribution in [3.8, 4) is 11.8 Å². The molecule has 0 unspecified atom stereocenters. The summed E-state index contributed by atoms with van der Waals surface area (Å²) in [6.45, 7) is 4.47. The zero-order chi connectivity index (χ0) is 21.3. The number of hydrogen-bond acceptors (Lipinski definition) is 6. The number of fused-ring (bicyclic) bond motifs is 1. The summed E-state index contributed by atoms with van der Waals surface area (Å²) in [6.07, 6.45) is 5.10. The van der Waals surface area contributed by atoms with Crippen LogP contribution in [0, 0.1) is 25.2 Å². The Balaban J connectivity index is 1.55. The number of nitrogens with two attached hydrogens (primary N) is 1. The number of carbonyl (C=O) groups excluding carboxylic acids is 1. The summed E-state index contributed by atoms with van der Waals surface area (Å²) in [6, 6.07) is 7.96. The van der Waals surface area contributed by atoms with E-state index in [2.05, 4.69) is 26.6 Å². The van der Waals surface area contributed by atoms with Gasteiger partial charge in [0.15, 0.2) is 5.82 Å². The minimum atomic E-state index is -0.136. The van der Waals surface area contributed by atoms with E-state index in [1.165, 1.54) is 11.3 Å². The smallest absolute Gasteiger partial charge is 0.263 e. The summed E-state index contributed by atoms with van der Waals surface area (Å²) in [5, 5.41) is 19.8. The molecule has 4 heterocycles. The zero-order valence-corrected chi connectivity index (χ0v) is 17.5. The van der Waals surface area contributed by atoms with Crippen LogP contribution in [-0.4, -0.2) is 32.2 Å². The second-order valence-corrected chi connectivity index (χ2v) is 8.06. The molecule has 0 radical (unpaired) electrons. The van der Waals surface area contributed by atoms with Crippen LogP contribution < -0.4 is 11.1 Å². The van der Waals surface area contributed by atoms with Crippen LogP contribution >= 0.6 is 11.3 Å². The third-order valence-electron chi connectivity index (χ3n) is 4.90. The van der Waals surface area contributed by atoms with E-state index in [-0.39, 0.29) is 11.7 Å². The van der Waals surface area contributed by atoms with E-state index in [4.69, 9.17) is 11.0 Å². The first-order valence-corrected chi connectivity index (χ1v) is 10.4. The summed E-state index contributed by atoms with van der Waals surface area (Å²) >= 11 is 1.40. The van der Waals surface area contributed by atoms with E-state index in [1.54, 1.807) is 0 Å². The number of rotatable bonds is 6. The van der Waals surface area contributed by atoms with E-state index in [0.717, 1.165) is 27.2 Å². The number of nitriles is 1. The van der Waals surface area contributed by atoms with Crippen LogP contribution in [-0.2, 0) is 6.42 Å². The molecular weight excluding hydrogens is 398 g/mol. The number of aryl methyl sites for hydroxylation is 3. The van der Waals surface area contributed by atoms with Crippen molar-refractivity contribution >= 4 is 33.3 Å². The van der Waals surface area contributed by atoms with Gasteiger partial charge in [-0.2, -0.15) is 10.4 Å². The summed E-state index contributed by atoms with van der Waals surface area (Å²) in [7, 11) is 0. The van der Waals surface area contributed by atoms with Gasteiger partial charge in [-0.15, -0.1) is 11.3 Å². The maximum atomic E-state index is 13.0. The van der Waals surface area contributed by atoms with Gasteiger partial charge >= 0.3 is 0 Å². The number of aromatic nitrogens is 4. The lowest BCUT2D eigenvalue weighted by Crippen LogP contribution is -2.25. The maximum Gasteiger partial charge on any atom is 0.263 e. The van der Waals surface area contributed by atoms with Crippen LogP contribution in [0.3, 0.4) is 0 Å². The highest BCUT2D eigenvalue weighted by Crippen LogP contribution is 2.35. The van der Waals surface area contributed by atoms with E-state index < -0.39 is 0 Å². The molecule has 4 aromatic rings. The highest BCUT2D eigenvalue weighted by molar-refractivity contribution is 7.21. The number of aromatic amines is 1.